The molecule has 0 atom stereocenters. The fourth-order valence-electron chi connectivity index (χ4n) is 2.89. The fourth-order valence-corrected chi connectivity index (χ4v) is 2.89. The lowest BCUT2D eigenvalue weighted by Crippen LogP contribution is -2.38. The first-order valence-electron chi connectivity index (χ1n) is 7.25. The SMILES string of the molecule is O=C(O)CN(CCc1ccc([N+](=O)[O-])cc1)C1CCCC1. The van der Waals surface area contributed by atoms with Crippen molar-refractivity contribution in [2.75, 3.05) is 13.1 Å². The predicted octanol–water partition coefficient (Wildman–Crippen LogP) is 2.47. The zero-order valence-corrected chi connectivity index (χ0v) is 11.9. The van der Waals surface area contributed by atoms with Crippen LogP contribution in [0.3, 0.4) is 0 Å². The Morgan fingerprint density at radius 3 is 2.43 bits per heavy atom. The van der Waals surface area contributed by atoms with Gasteiger partial charge in [-0.05, 0) is 24.8 Å². The van der Waals surface area contributed by atoms with Gasteiger partial charge in [0, 0.05) is 24.7 Å². The Labute approximate surface area is 123 Å². The molecular weight excluding hydrogens is 272 g/mol. The molecule has 0 amide bonds. The Morgan fingerprint density at radius 1 is 1.29 bits per heavy atom. The van der Waals surface area contributed by atoms with Crippen molar-refractivity contribution in [3.63, 3.8) is 0 Å². The van der Waals surface area contributed by atoms with Gasteiger partial charge in [-0.1, -0.05) is 25.0 Å². The first-order chi connectivity index (χ1) is 10.1. The minimum Gasteiger partial charge on any atom is -0.480 e. The van der Waals surface area contributed by atoms with Gasteiger partial charge in [0.2, 0.25) is 0 Å². The van der Waals surface area contributed by atoms with E-state index < -0.39 is 10.9 Å². The first kappa shape index (κ1) is 15.4. The number of carboxylic acids is 1. The zero-order chi connectivity index (χ0) is 15.2. The second-order valence-corrected chi connectivity index (χ2v) is 5.48. The number of nitrogens with zero attached hydrogens (tertiary/aromatic N) is 2. The highest BCUT2D eigenvalue weighted by molar-refractivity contribution is 5.69. The molecule has 0 bridgehead atoms. The van der Waals surface area contributed by atoms with Crippen molar-refractivity contribution in [3.8, 4) is 0 Å². The average Bonchev–Trinajstić information content (AvgIpc) is 2.97. The third-order valence-corrected chi connectivity index (χ3v) is 4.01. The van der Waals surface area contributed by atoms with Crippen LogP contribution >= 0.6 is 0 Å². The molecule has 0 unspecified atom stereocenters. The summed E-state index contributed by atoms with van der Waals surface area (Å²) in [4.78, 5) is 23.2. The lowest BCUT2D eigenvalue weighted by atomic mass is 10.1. The van der Waals surface area contributed by atoms with Gasteiger partial charge in [-0.2, -0.15) is 0 Å². The van der Waals surface area contributed by atoms with Gasteiger partial charge in [0.25, 0.3) is 5.69 Å². The summed E-state index contributed by atoms with van der Waals surface area (Å²) in [6, 6.07) is 6.83. The second-order valence-electron chi connectivity index (χ2n) is 5.48. The highest BCUT2D eigenvalue weighted by Gasteiger charge is 2.23. The van der Waals surface area contributed by atoms with Gasteiger partial charge in [0.05, 0.1) is 11.5 Å². The number of carbonyl (C=O) groups is 1. The molecule has 1 aliphatic rings. The van der Waals surface area contributed by atoms with Gasteiger partial charge in [-0.3, -0.25) is 19.8 Å². The monoisotopic (exact) mass is 292 g/mol. The van der Waals surface area contributed by atoms with E-state index in [1.54, 1.807) is 12.1 Å². The highest BCUT2D eigenvalue weighted by atomic mass is 16.6. The number of nitro groups is 1. The molecule has 21 heavy (non-hydrogen) atoms. The number of aliphatic carboxylic acids is 1. The molecule has 6 nitrogen and oxygen atoms in total. The summed E-state index contributed by atoms with van der Waals surface area (Å²) in [5.74, 6) is -0.800. The predicted molar refractivity (Wildman–Crippen MR) is 78.3 cm³/mol. The fraction of sp³-hybridized carbons (Fsp3) is 0.533. The van der Waals surface area contributed by atoms with E-state index in [-0.39, 0.29) is 12.2 Å². The van der Waals surface area contributed by atoms with Crippen molar-refractivity contribution in [2.45, 2.75) is 38.1 Å². The van der Waals surface area contributed by atoms with Crippen molar-refractivity contribution in [1.82, 2.24) is 4.90 Å². The maximum absolute atomic E-state index is 11.0. The van der Waals surface area contributed by atoms with Crippen LogP contribution in [0.1, 0.15) is 31.2 Å². The number of rotatable bonds is 7. The third kappa shape index (κ3) is 4.53. The molecule has 6 heteroatoms. The van der Waals surface area contributed by atoms with Crippen LogP contribution in [0.5, 0.6) is 0 Å². The van der Waals surface area contributed by atoms with E-state index in [0.29, 0.717) is 19.0 Å². The Hall–Kier alpha value is -1.95. The third-order valence-electron chi connectivity index (χ3n) is 4.01. The lowest BCUT2D eigenvalue weighted by Gasteiger charge is -2.27. The summed E-state index contributed by atoms with van der Waals surface area (Å²) in [7, 11) is 0. The summed E-state index contributed by atoms with van der Waals surface area (Å²) < 4.78 is 0. The molecule has 1 N–H and O–H groups in total. The van der Waals surface area contributed by atoms with Crippen LogP contribution in [0, 0.1) is 10.1 Å². The van der Waals surface area contributed by atoms with Crippen molar-refractivity contribution >= 4 is 11.7 Å². The number of non-ortho nitro benzene ring substituents is 1. The Bertz CT molecular complexity index is 495. The van der Waals surface area contributed by atoms with Crippen LogP contribution in [0.15, 0.2) is 24.3 Å². The Morgan fingerprint density at radius 2 is 1.90 bits per heavy atom. The summed E-state index contributed by atoms with van der Waals surface area (Å²) >= 11 is 0. The quantitative estimate of drug-likeness (QED) is 0.616. The largest absolute Gasteiger partial charge is 0.480 e. The van der Waals surface area contributed by atoms with Gasteiger partial charge >= 0.3 is 5.97 Å². The molecule has 114 valence electrons. The molecular formula is C15H20N2O4. The lowest BCUT2D eigenvalue weighted by molar-refractivity contribution is -0.384. The summed E-state index contributed by atoms with van der Waals surface area (Å²) in [5, 5.41) is 19.6. The minimum absolute atomic E-state index is 0.0671. The molecule has 1 aliphatic carbocycles. The zero-order valence-electron chi connectivity index (χ0n) is 11.9. The molecule has 1 saturated carbocycles. The van der Waals surface area contributed by atoms with Crippen molar-refractivity contribution < 1.29 is 14.8 Å². The van der Waals surface area contributed by atoms with Crippen molar-refractivity contribution in [1.29, 1.82) is 0 Å². The van der Waals surface area contributed by atoms with Crippen LogP contribution in [0.25, 0.3) is 0 Å². The molecule has 0 radical (unpaired) electrons. The topological polar surface area (TPSA) is 83.7 Å². The minimum atomic E-state index is -0.800. The van der Waals surface area contributed by atoms with E-state index in [1.165, 1.54) is 12.1 Å². The average molecular weight is 292 g/mol. The van der Waals surface area contributed by atoms with Crippen LogP contribution in [-0.2, 0) is 11.2 Å². The van der Waals surface area contributed by atoms with E-state index in [2.05, 4.69) is 0 Å². The molecule has 0 heterocycles. The molecule has 0 saturated heterocycles. The Kier molecular flexibility index (Phi) is 5.27. The number of hydrogen-bond acceptors (Lipinski definition) is 4. The molecule has 1 aromatic carbocycles. The summed E-state index contributed by atoms with van der Waals surface area (Å²) in [5.41, 5.74) is 1.07. The smallest absolute Gasteiger partial charge is 0.317 e. The van der Waals surface area contributed by atoms with E-state index in [4.69, 9.17) is 5.11 Å². The molecule has 0 spiro atoms. The highest BCUT2D eigenvalue weighted by Crippen LogP contribution is 2.23. The van der Waals surface area contributed by atoms with E-state index in [0.717, 1.165) is 31.2 Å². The number of hydrogen-bond donors (Lipinski definition) is 1. The van der Waals surface area contributed by atoms with Gasteiger partial charge in [-0.25, -0.2) is 0 Å². The number of nitro benzene ring substituents is 1. The summed E-state index contributed by atoms with van der Waals surface area (Å²) in [6.07, 6.45) is 5.17. The second kappa shape index (κ2) is 7.17. The van der Waals surface area contributed by atoms with Crippen LogP contribution in [-0.4, -0.2) is 40.0 Å². The normalized spacial score (nSPS) is 15.5. The molecule has 2 rings (SSSR count). The maximum Gasteiger partial charge on any atom is 0.317 e. The molecule has 0 aliphatic heterocycles. The van der Waals surface area contributed by atoms with Gasteiger partial charge < -0.3 is 5.11 Å². The standard InChI is InChI=1S/C15H20N2O4/c18-15(19)11-16(13-3-1-2-4-13)10-9-12-5-7-14(8-6-12)17(20)21/h5-8,13H,1-4,9-11H2,(H,18,19). The van der Waals surface area contributed by atoms with E-state index >= 15 is 0 Å². The summed E-state index contributed by atoms with van der Waals surface area (Å²) in [6.45, 7) is 0.742. The maximum atomic E-state index is 11.0. The number of carboxylic acid groups (broad SMARTS) is 1. The van der Waals surface area contributed by atoms with Crippen molar-refractivity contribution in [2.24, 2.45) is 0 Å². The molecule has 0 aromatic heterocycles. The van der Waals surface area contributed by atoms with Crippen LogP contribution < -0.4 is 0 Å². The van der Waals surface area contributed by atoms with Gasteiger partial charge in [-0.15, -0.1) is 0 Å². The van der Waals surface area contributed by atoms with Crippen LogP contribution in [0.2, 0.25) is 0 Å². The van der Waals surface area contributed by atoms with Crippen molar-refractivity contribution in [3.05, 3.63) is 39.9 Å². The first-order valence-corrected chi connectivity index (χ1v) is 7.25. The molecule has 1 aromatic rings. The van der Waals surface area contributed by atoms with E-state index in [9.17, 15) is 14.9 Å². The van der Waals surface area contributed by atoms with E-state index in [1.807, 2.05) is 4.90 Å². The Balaban J connectivity index is 1.93. The van der Waals surface area contributed by atoms with Crippen LogP contribution in [0.4, 0.5) is 5.69 Å². The number of benzene rings is 1. The molecule has 1 fully saturated rings. The van der Waals surface area contributed by atoms with Gasteiger partial charge in [0.1, 0.15) is 0 Å². The van der Waals surface area contributed by atoms with Gasteiger partial charge in [0.15, 0.2) is 0 Å².